The van der Waals surface area contributed by atoms with E-state index in [-0.39, 0.29) is 6.61 Å². The average molecular weight is 355 g/mol. The van der Waals surface area contributed by atoms with Gasteiger partial charge in [-0.05, 0) is 41.4 Å². The molecule has 0 bridgehead atoms. The molecule has 0 amide bonds. The molecule has 1 N–H and O–H groups in total. The number of nitrogens with zero attached hydrogens (tertiary/aromatic N) is 1. The Labute approximate surface area is 130 Å². The number of hydrogen-bond donors (Lipinski definition) is 1. The number of carbonyl (C=O) groups is 1. The van der Waals surface area contributed by atoms with Crippen LogP contribution < -0.4 is 5.32 Å². The maximum absolute atomic E-state index is 13.7. The molecule has 0 fully saturated rings. The maximum Gasteiger partial charge on any atom is 0.341 e. The molecule has 0 saturated heterocycles. The van der Waals surface area contributed by atoms with Crippen molar-refractivity contribution in [1.82, 2.24) is 4.98 Å². The minimum atomic E-state index is -0.467. The summed E-state index contributed by atoms with van der Waals surface area (Å²) in [7, 11) is 0. The molecule has 0 unspecified atom stereocenters. The molecular formula is C15H16BrFN2O2. The Morgan fingerprint density at radius 1 is 1.43 bits per heavy atom. The highest BCUT2D eigenvalue weighted by molar-refractivity contribution is 9.10. The van der Waals surface area contributed by atoms with Crippen LogP contribution in [-0.4, -0.2) is 24.1 Å². The van der Waals surface area contributed by atoms with Crippen LogP contribution in [0.25, 0.3) is 10.9 Å². The monoisotopic (exact) mass is 354 g/mol. The lowest BCUT2D eigenvalue weighted by molar-refractivity contribution is 0.0527. The zero-order valence-corrected chi connectivity index (χ0v) is 13.5. The van der Waals surface area contributed by atoms with Gasteiger partial charge in [0.2, 0.25) is 0 Å². The van der Waals surface area contributed by atoms with Gasteiger partial charge in [-0.2, -0.15) is 0 Å². The van der Waals surface area contributed by atoms with Gasteiger partial charge in [0.1, 0.15) is 11.4 Å². The maximum atomic E-state index is 13.7. The summed E-state index contributed by atoms with van der Waals surface area (Å²) in [5.41, 5.74) is 1.47. The highest BCUT2D eigenvalue weighted by atomic mass is 79.9. The van der Waals surface area contributed by atoms with Gasteiger partial charge in [0.05, 0.1) is 17.8 Å². The van der Waals surface area contributed by atoms with Crippen LogP contribution in [0.2, 0.25) is 0 Å². The van der Waals surface area contributed by atoms with Gasteiger partial charge in [0.15, 0.2) is 0 Å². The number of pyridine rings is 1. The fourth-order valence-corrected chi connectivity index (χ4v) is 2.57. The second-order valence-corrected chi connectivity index (χ2v) is 5.33. The minimum Gasteiger partial charge on any atom is -0.462 e. The Hall–Kier alpha value is -1.69. The first kappa shape index (κ1) is 15.7. The fourth-order valence-electron chi connectivity index (χ4n) is 2.03. The smallest absolute Gasteiger partial charge is 0.341 e. The highest BCUT2D eigenvalue weighted by Crippen LogP contribution is 2.32. The molecule has 0 saturated carbocycles. The third-order valence-electron chi connectivity index (χ3n) is 2.94. The number of ether oxygens (including phenoxy) is 1. The lowest BCUT2D eigenvalue weighted by Crippen LogP contribution is -2.11. The van der Waals surface area contributed by atoms with Crippen molar-refractivity contribution in [2.24, 2.45) is 0 Å². The van der Waals surface area contributed by atoms with Crippen molar-refractivity contribution in [3.63, 3.8) is 0 Å². The van der Waals surface area contributed by atoms with Crippen LogP contribution in [0.1, 0.15) is 30.6 Å². The summed E-state index contributed by atoms with van der Waals surface area (Å²) in [6, 6.07) is 2.72. The largest absolute Gasteiger partial charge is 0.462 e. The second kappa shape index (κ2) is 6.85. The Balaban J connectivity index is 2.66. The number of rotatable bonds is 5. The molecule has 2 aromatic rings. The van der Waals surface area contributed by atoms with Crippen LogP contribution in [0.5, 0.6) is 0 Å². The van der Waals surface area contributed by atoms with Crippen LogP contribution in [0.15, 0.2) is 22.8 Å². The quantitative estimate of drug-likeness (QED) is 0.820. The average Bonchev–Trinajstić information content (AvgIpc) is 2.44. The standard InChI is InChI=1S/C15H16BrFN2O2/c1-3-5-18-13-10-6-9(17)7-12(16)14(10)19-8-11(13)15(20)21-4-2/h6-8H,3-5H2,1-2H3,(H,18,19). The van der Waals surface area contributed by atoms with Gasteiger partial charge >= 0.3 is 5.97 Å². The van der Waals surface area contributed by atoms with Crippen molar-refractivity contribution in [2.75, 3.05) is 18.5 Å². The van der Waals surface area contributed by atoms with Crippen LogP contribution in [0.3, 0.4) is 0 Å². The van der Waals surface area contributed by atoms with Gasteiger partial charge < -0.3 is 10.1 Å². The fraction of sp³-hybridized carbons (Fsp3) is 0.333. The Kier molecular flexibility index (Phi) is 5.12. The van der Waals surface area contributed by atoms with E-state index in [1.54, 1.807) is 6.92 Å². The third-order valence-corrected chi connectivity index (χ3v) is 3.54. The molecule has 0 spiro atoms. The van der Waals surface area contributed by atoms with Crippen molar-refractivity contribution in [3.8, 4) is 0 Å². The number of aromatic nitrogens is 1. The summed E-state index contributed by atoms with van der Waals surface area (Å²) >= 11 is 3.30. The van der Waals surface area contributed by atoms with Crippen LogP contribution in [-0.2, 0) is 4.74 Å². The molecule has 6 heteroatoms. The summed E-state index contributed by atoms with van der Waals surface area (Å²) in [5.74, 6) is -0.859. The molecule has 1 heterocycles. The lowest BCUT2D eigenvalue weighted by atomic mass is 10.1. The normalized spacial score (nSPS) is 10.7. The molecule has 0 aliphatic heterocycles. The van der Waals surface area contributed by atoms with E-state index < -0.39 is 11.8 Å². The minimum absolute atomic E-state index is 0.275. The number of nitrogens with one attached hydrogen (secondary N) is 1. The van der Waals surface area contributed by atoms with Gasteiger partial charge in [0.25, 0.3) is 0 Å². The number of esters is 1. The van der Waals surface area contributed by atoms with Gasteiger partial charge in [0, 0.05) is 22.6 Å². The molecular weight excluding hydrogens is 339 g/mol. The van der Waals surface area contributed by atoms with E-state index in [1.807, 2.05) is 6.92 Å². The number of carbonyl (C=O) groups excluding carboxylic acids is 1. The van der Waals surface area contributed by atoms with E-state index in [0.29, 0.717) is 33.2 Å². The molecule has 2 rings (SSSR count). The van der Waals surface area contributed by atoms with Crippen molar-refractivity contribution in [1.29, 1.82) is 0 Å². The van der Waals surface area contributed by atoms with E-state index in [2.05, 4.69) is 26.2 Å². The van der Waals surface area contributed by atoms with E-state index >= 15 is 0 Å². The van der Waals surface area contributed by atoms with E-state index in [4.69, 9.17) is 4.74 Å². The third kappa shape index (κ3) is 3.32. The van der Waals surface area contributed by atoms with Gasteiger partial charge in [-0.3, -0.25) is 4.98 Å². The van der Waals surface area contributed by atoms with Crippen molar-refractivity contribution >= 4 is 38.5 Å². The first-order chi connectivity index (χ1) is 10.1. The molecule has 0 radical (unpaired) electrons. The van der Waals surface area contributed by atoms with Crippen LogP contribution >= 0.6 is 15.9 Å². The molecule has 112 valence electrons. The lowest BCUT2D eigenvalue weighted by Gasteiger charge is -2.14. The van der Waals surface area contributed by atoms with Gasteiger partial charge in [-0.1, -0.05) is 6.92 Å². The topological polar surface area (TPSA) is 51.2 Å². The SMILES string of the molecule is CCCNc1c(C(=O)OCC)cnc2c(Br)cc(F)cc12. The molecule has 0 aliphatic carbocycles. The van der Waals surface area contributed by atoms with Crippen molar-refractivity contribution in [2.45, 2.75) is 20.3 Å². The molecule has 1 aromatic heterocycles. The zero-order chi connectivity index (χ0) is 15.4. The number of fused-ring (bicyclic) bond motifs is 1. The second-order valence-electron chi connectivity index (χ2n) is 4.48. The molecule has 0 aliphatic rings. The number of benzene rings is 1. The highest BCUT2D eigenvalue weighted by Gasteiger charge is 2.18. The van der Waals surface area contributed by atoms with E-state index in [9.17, 15) is 9.18 Å². The predicted molar refractivity (Wildman–Crippen MR) is 84.1 cm³/mol. The molecule has 0 atom stereocenters. The zero-order valence-electron chi connectivity index (χ0n) is 11.9. The Morgan fingerprint density at radius 2 is 2.19 bits per heavy atom. The summed E-state index contributed by atoms with van der Waals surface area (Å²) in [4.78, 5) is 16.3. The summed E-state index contributed by atoms with van der Waals surface area (Å²) in [5, 5.41) is 3.73. The predicted octanol–water partition coefficient (Wildman–Crippen LogP) is 4.14. The number of halogens is 2. The van der Waals surface area contributed by atoms with E-state index in [0.717, 1.165) is 6.42 Å². The molecule has 1 aromatic carbocycles. The van der Waals surface area contributed by atoms with Crippen LogP contribution in [0, 0.1) is 5.82 Å². The number of anilines is 1. The summed E-state index contributed by atoms with van der Waals surface area (Å²) in [6.07, 6.45) is 2.34. The van der Waals surface area contributed by atoms with Crippen molar-refractivity contribution in [3.05, 3.63) is 34.2 Å². The van der Waals surface area contributed by atoms with Gasteiger partial charge in [-0.25, -0.2) is 9.18 Å². The molecule has 21 heavy (non-hydrogen) atoms. The first-order valence-electron chi connectivity index (χ1n) is 6.77. The molecule has 4 nitrogen and oxygen atoms in total. The van der Waals surface area contributed by atoms with E-state index in [1.165, 1.54) is 18.3 Å². The Bertz CT molecular complexity index is 676. The summed E-state index contributed by atoms with van der Waals surface area (Å²) < 4.78 is 19.3. The van der Waals surface area contributed by atoms with Crippen LogP contribution in [0.4, 0.5) is 10.1 Å². The Morgan fingerprint density at radius 3 is 2.86 bits per heavy atom. The first-order valence-corrected chi connectivity index (χ1v) is 7.56. The van der Waals surface area contributed by atoms with Crippen molar-refractivity contribution < 1.29 is 13.9 Å². The number of hydrogen-bond acceptors (Lipinski definition) is 4. The summed E-state index contributed by atoms with van der Waals surface area (Å²) in [6.45, 7) is 4.69. The van der Waals surface area contributed by atoms with Gasteiger partial charge in [-0.15, -0.1) is 0 Å².